The molecule has 0 bridgehead atoms. The minimum Gasteiger partial charge on any atom is -0.493 e. The number of carbonyl (C=O) groups is 2. The van der Waals surface area contributed by atoms with Gasteiger partial charge >= 0.3 is 5.97 Å². The van der Waals surface area contributed by atoms with Gasteiger partial charge in [-0.3, -0.25) is 4.79 Å². The second-order valence-electron chi connectivity index (χ2n) is 4.38. The third-order valence-electron chi connectivity index (χ3n) is 2.77. The number of hydrogen-bond donors (Lipinski definition) is 1. The summed E-state index contributed by atoms with van der Waals surface area (Å²) in [5, 5.41) is 2.56. The summed E-state index contributed by atoms with van der Waals surface area (Å²) in [5.74, 6) is -0.0212. The van der Waals surface area contributed by atoms with Gasteiger partial charge in [-0.15, -0.1) is 6.58 Å². The van der Waals surface area contributed by atoms with E-state index in [1.807, 2.05) is 6.92 Å². The normalized spacial score (nSPS) is 11.2. The van der Waals surface area contributed by atoms with Gasteiger partial charge in [0.2, 0.25) is 0 Å². The Labute approximate surface area is 130 Å². The van der Waals surface area contributed by atoms with Gasteiger partial charge in [0, 0.05) is 6.54 Å². The van der Waals surface area contributed by atoms with Gasteiger partial charge in [-0.05, 0) is 32.0 Å². The summed E-state index contributed by atoms with van der Waals surface area (Å²) in [4.78, 5) is 23.7. The first-order valence-corrected chi connectivity index (χ1v) is 6.93. The van der Waals surface area contributed by atoms with Gasteiger partial charge in [0.05, 0.1) is 19.3 Å². The molecule has 6 nitrogen and oxygen atoms in total. The van der Waals surface area contributed by atoms with Crippen molar-refractivity contribution in [3.05, 3.63) is 36.4 Å². The van der Waals surface area contributed by atoms with Crippen LogP contribution >= 0.6 is 0 Å². The van der Waals surface area contributed by atoms with E-state index in [2.05, 4.69) is 11.9 Å². The maximum atomic E-state index is 12.1. The SMILES string of the molecule is C=CCNC(=O)[C@@H](C)OC(=O)c1ccc(OCC)c(OC)c1. The van der Waals surface area contributed by atoms with Crippen LogP contribution in [0.4, 0.5) is 0 Å². The third kappa shape index (κ3) is 4.80. The van der Waals surface area contributed by atoms with Crippen molar-refractivity contribution < 1.29 is 23.8 Å². The number of nitrogens with one attached hydrogen (secondary N) is 1. The van der Waals surface area contributed by atoms with Gasteiger partial charge in [0.1, 0.15) is 0 Å². The average Bonchev–Trinajstić information content (AvgIpc) is 2.52. The lowest BCUT2D eigenvalue weighted by atomic mass is 10.2. The van der Waals surface area contributed by atoms with Crippen LogP contribution in [-0.2, 0) is 9.53 Å². The molecule has 1 rings (SSSR count). The maximum Gasteiger partial charge on any atom is 0.339 e. The quantitative estimate of drug-likeness (QED) is 0.587. The molecule has 0 aromatic heterocycles. The summed E-state index contributed by atoms with van der Waals surface area (Å²) in [7, 11) is 1.48. The molecule has 6 heteroatoms. The Bertz CT molecular complexity index is 541. The highest BCUT2D eigenvalue weighted by atomic mass is 16.5. The van der Waals surface area contributed by atoms with Crippen LogP contribution in [0.5, 0.6) is 11.5 Å². The molecule has 1 amide bonds. The molecular formula is C16H21NO5. The van der Waals surface area contributed by atoms with E-state index in [4.69, 9.17) is 14.2 Å². The first-order valence-electron chi connectivity index (χ1n) is 6.93. The molecule has 1 atom stereocenters. The van der Waals surface area contributed by atoms with E-state index in [-0.39, 0.29) is 11.5 Å². The molecule has 1 aromatic carbocycles. The fourth-order valence-electron chi connectivity index (χ4n) is 1.67. The molecule has 0 radical (unpaired) electrons. The first-order chi connectivity index (χ1) is 10.5. The first kappa shape index (κ1) is 17.6. The zero-order valence-electron chi connectivity index (χ0n) is 13.0. The second-order valence-corrected chi connectivity index (χ2v) is 4.38. The van der Waals surface area contributed by atoms with Gasteiger partial charge in [-0.2, -0.15) is 0 Å². The van der Waals surface area contributed by atoms with Crippen LogP contribution in [0, 0.1) is 0 Å². The molecular weight excluding hydrogens is 286 g/mol. The fourth-order valence-corrected chi connectivity index (χ4v) is 1.67. The van der Waals surface area contributed by atoms with Crippen molar-refractivity contribution in [3.8, 4) is 11.5 Å². The summed E-state index contributed by atoms with van der Waals surface area (Å²) in [5.41, 5.74) is 0.281. The standard InChI is InChI=1S/C16H21NO5/c1-5-9-17-15(18)11(3)22-16(19)12-7-8-13(21-6-2)14(10-12)20-4/h5,7-8,10-11H,1,6,9H2,2-4H3,(H,17,18)/t11-/m1/s1. The van der Waals surface area contributed by atoms with Crippen LogP contribution in [0.3, 0.4) is 0 Å². The van der Waals surface area contributed by atoms with E-state index >= 15 is 0 Å². The third-order valence-corrected chi connectivity index (χ3v) is 2.77. The van der Waals surface area contributed by atoms with E-state index in [0.29, 0.717) is 24.7 Å². The van der Waals surface area contributed by atoms with Crippen molar-refractivity contribution in [1.29, 1.82) is 0 Å². The molecule has 0 saturated carbocycles. The van der Waals surface area contributed by atoms with E-state index in [1.54, 1.807) is 18.2 Å². The Hall–Kier alpha value is -2.50. The van der Waals surface area contributed by atoms with Gasteiger partial charge < -0.3 is 19.5 Å². The number of carbonyl (C=O) groups excluding carboxylic acids is 2. The van der Waals surface area contributed by atoms with Crippen LogP contribution in [-0.4, -0.2) is 38.2 Å². The Morgan fingerprint density at radius 3 is 2.68 bits per heavy atom. The summed E-state index contributed by atoms with van der Waals surface area (Å²) >= 11 is 0. The van der Waals surface area contributed by atoms with Crippen molar-refractivity contribution >= 4 is 11.9 Å². The molecule has 0 heterocycles. The number of ether oxygens (including phenoxy) is 3. The van der Waals surface area contributed by atoms with Crippen LogP contribution in [0.15, 0.2) is 30.9 Å². The van der Waals surface area contributed by atoms with E-state index in [9.17, 15) is 9.59 Å². The number of benzene rings is 1. The Balaban J connectivity index is 2.76. The molecule has 1 N–H and O–H groups in total. The minimum atomic E-state index is -0.898. The molecule has 22 heavy (non-hydrogen) atoms. The second kappa shape index (κ2) is 8.71. The number of hydrogen-bond acceptors (Lipinski definition) is 5. The van der Waals surface area contributed by atoms with Crippen molar-refractivity contribution in [1.82, 2.24) is 5.32 Å². The van der Waals surface area contributed by atoms with Gasteiger partial charge in [-0.1, -0.05) is 6.08 Å². The van der Waals surface area contributed by atoms with Crippen molar-refractivity contribution in [3.63, 3.8) is 0 Å². The van der Waals surface area contributed by atoms with Crippen LogP contribution in [0.1, 0.15) is 24.2 Å². The van der Waals surface area contributed by atoms with E-state index in [0.717, 1.165) is 0 Å². The fraction of sp³-hybridized carbons (Fsp3) is 0.375. The molecule has 1 aromatic rings. The summed E-state index contributed by atoms with van der Waals surface area (Å²) < 4.78 is 15.7. The predicted molar refractivity (Wildman–Crippen MR) is 82.2 cm³/mol. The Kier molecular flexibility index (Phi) is 6.95. The van der Waals surface area contributed by atoms with Gasteiger partial charge in [-0.25, -0.2) is 4.79 Å². The number of esters is 1. The Morgan fingerprint density at radius 2 is 2.09 bits per heavy atom. The van der Waals surface area contributed by atoms with Crippen LogP contribution < -0.4 is 14.8 Å². The molecule has 0 fully saturated rings. The largest absolute Gasteiger partial charge is 0.493 e. The molecule has 0 aliphatic heterocycles. The Morgan fingerprint density at radius 1 is 1.36 bits per heavy atom. The average molecular weight is 307 g/mol. The zero-order valence-corrected chi connectivity index (χ0v) is 13.0. The van der Waals surface area contributed by atoms with Crippen molar-refractivity contribution in [2.75, 3.05) is 20.3 Å². The molecule has 0 unspecified atom stereocenters. The molecule has 0 saturated heterocycles. The number of rotatable bonds is 8. The van der Waals surface area contributed by atoms with Gasteiger partial charge in [0.25, 0.3) is 5.91 Å². The zero-order chi connectivity index (χ0) is 16.5. The lowest BCUT2D eigenvalue weighted by Gasteiger charge is -2.14. The predicted octanol–water partition coefficient (Wildman–Crippen LogP) is 1.94. The molecule has 0 spiro atoms. The number of methoxy groups -OCH3 is 1. The van der Waals surface area contributed by atoms with E-state index in [1.165, 1.54) is 20.1 Å². The lowest BCUT2D eigenvalue weighted by Crippen LogP contribution is -2.35. The van der Waals surface area contributed by atoms with Crippen molar-refractivity contribution in [2.45, 2.75) is 20.0 Å². The van der Waals surface area contributed by atoms with Gasteiger partial charge in [0.15, 0.2) is 17.6 Å². The minimum absolute atomic E-state index is 0.281. The smallest absolute Gasteiger partial charge is 0.339 e. The van der Waals surface area contributed by atoms with Crippen LogP contribution in [0.2, 0.25) is 0 Å². The highest BCUT2D eigenvalue weighted by Crippen LogP contribution is 2.28. The topological polar surface area (TPSA) is 73.9 Å². The molecule has 120 valence electrons. The van der Waals surface area contributed by atoms with Crippen LogP contribution in [0.25, 0.3) is 0 Å². The highest BCUT2D eigenvalue weighted by Gasteiger charge is 2.19. The van der Waals surface area contributed by atoms with E-state index < -0.39 is 12.1 Å². The lowest BCUT2D eigenvalue weighted by molar-refractivity contribution is -0.128. The number of amides is 1. The maximum absolute atomic E-state index is 12.1. The summed E-state index contributed by atoms with van der Waals surface area (Å²) in [6.45, 7) is 7.65. The highest BCUT2D eigenvalue weighted by molar-refractivity contribution is 5.92. The summed E-state index contributed by atoms with van der Waals surface area (Å²) in [6.07, 6.45) is 0.647. The molecule has 0 aliphatic rings. The monoisotopic (exact) mass is 307 g/mol. The van der Waals surface area contributed by atoms with Crippen molar-refractivity contribution in [2.24, 2.45) is 0 Å². The summed E-state index contributed by atoms with van der Waals surface area (Å²) in [6, 6.07) is 4.70. The molecule has 0 aliphatic carbocycles.